The van der Waals surface area contributed by atoms with E-state index in [1.54, 1.807) is 0 Å². The number of nitrogens with zero attached hydrogens (tertiary/aromatic N) is 2. The lowest BCUT2D eigenvalue weighted by atomic mass is 9.97. The van der Waals surface area contributed by atoms with Gasteiger partial charge in [-0.3, -0.25) is 4.99 Å². The summed E-state index contributed by atoms with van der Waals surface area (Å²) in [6.45, 7) is 6.89. The fraction of sp³-hybridized carbons (Fsp3) is 0.909. The van der Waals surface area contributed by atoms with E-state index in [9.17, 15) is 0 Å². The van der Waals surface area contributed by atoms with Crippen LogP contribution in [0.3, 0.4) is 0 Å². The average Bonchev–Trinajstić information content (AvgIpc) is 2.10. The average molecular weight is 182 g/mol. The van der Waals surface area contributed by atoms with Crippen molar-refractivity contribution < 1.29 is 0 Å². The molecule has 0 amide bonds. The van der Waals surface area contributed by atoms with Crippen LogP contribution in [0, 0.1) is 5.92 Å². The molecule has 0 aliphatic carbocycles. The Morgan fingerprint density at radius 3 is 2.23 bits per heavy atom. The Hall–Kier alpha value is -0.530. The van der Waals surface area contributed by atoms with Gasteiger partial charge >= 0.3 is 0 Å². The maximum atomic E-state index is 4.25. The minimum atomic E-state index is 0.932. The van der Waals surface area contributed by atoms with Gasteiger partial charge < -0.3 is 4.90 Å². The summed E-state index contributed by atoms with van der Waals surface area (Å²) in [5, 5.41) is 0. The van der Waals surface area contributed by atoms with Crippen LogP contribution in [0.25, 0.3) is 0 Å². The molecule has 1 aliphatic rings. The minimum absolute atomic E-state index is 0.932. The molecule has 1 rings (SSSR count). The van der Waals surface area contributed by atoms with Crippen molar-refractivity contribution in [1.82, 2.24) is 4.90 Å². The topological polar surface area (TPSA) is 15.6 Å². The molecule has 76 valence electrons. The first kappa shape index (κ1) is 10.6. The molecule has 1 aliphatic heterocycles. The number of hydrogen-bond acceptors (Lipinski definition) is 1. The van der Waals surface area contributed by atoms with Crippen LogP contribution in [-0.2, 0) is 0 Å². The van der Waals surface area contributed by atoms with Crippen molar-refractivity contribution in [3.63, 3.8) is 0 Å². The SMILES string of the molecule is CN=C(C)N1CCCC(C)CCC1. The van der Waals surface area contributed by atoms with Gasteiger partial charge in [0.25, 0.3) is 0 Å². The Bertz CT molecular complexity index is 165. The molecule has 0 N–H and O–H groups in total. The zero-order valence-electron chi connectivity index (χ0n) is 9.21. The Morgan fingerprint density at radius 1 is 1.23 bits per heavy atom. The highest BCUT2D eigenvalue weighted by Gasteiger charge is 2.11. The van der Waals surface area contributed by atoms with Gasteiger partial charge in [0.05, 0.1) is 5.84 Å². The molecular formula is C11H22N2. The molecule has 0 aromatic heterocycles. The standard InChI is InChI=1S/C11H22N2/c1-10-6-4-8-13(9-5-7-10)11(2)12-3/h10H,4-9H2,1-3H3. The lowest BCUT2D eigenvalue weighted by Crippen LogP contribution is -2.32. The fourth-order valence-corrected chi connectivity index (χ4v) is 1.98. The molecule has 13 heavy (non-hydrogen) atoms. The second-order valence-corrected chi connectivity index (χ2v) is 4.15. The normalized spacial score (nSPS) is 22.7. The Morgan fingerprint density at radius 2 is 1.77 bits per heavy atom. The summed E-state index contributed by atoms with van der Waals surface area (Å²) in [4.78, 5) is 6.67. The fourth-order valence-electron chi connectivity index (χ4n) is 1.98. The summed E-state index contributed by atoms with van der Waals surface area (Å²) in [6.07, 6.45) is 5.42. The largest absolute Gasteiger partial charge is 0.361 e. The second kappa shape index (κ2) is 5.25. The first-order valence-corrected chi connectivity index (χ1v) is 5.42. The summed E-state index contributed by atoms with van der Waals surface area (Å²) >= 11 is 0. The molecule has 0 bridgehead atoms. The van der Waals surface area contributed by atoms with Crippen molar-refractivity contribution in [2.75, 3.05) is 20.1 Å². The van der Waals surface area contributed by atoms with Crippen LogP contribution in [0.15, 0.2) is 4.99 Å². The van der Waals surface area contributed by atoms with E-state index in [1.807, 2.05) is 7.05 Å². The molecule has 0 saturated carbocycles. The lowest BCUT2D eigenvalue weighted by Gasteiger charge is -2.27. The van der Waals surface area contributed by atoms with E-state index in [4.69, 9.17) is 0 Å². The van der Waals surface area contributed by atoms with Crippen LogP contribution in [-0.4, -0.2) is 30.9 Å². The first-order chi connectivity index (χ1) is 6.24. The molecule has 0 aromatic carbocycles. The van der Waals surface area contributed by atoms with E-state index in [0.717, 1.165) is 5.92 Å². The third-order valence-electron chi connectivity index (χ3n) is 3.03. The summed E-state index contributed by atoms with van der Waals surface area (Å²) < 4.78 is 0. The summed E-state index contributed by atoms with van der Waals surface area (Å²) in [6, 6.07) is 0. The second-order valence-electron chi connectivity index (χ2n) is 4.15. The van der Waals surface area contributed by atoms with Crippen molar-refractivity contribution in [2.24, 2.45) is 10.9 Å². The third kappa shape index (κ3) is 3.37. The van der Waals surface area contributed by atoms with E-state index in [0.29, 0.717) is 0 Å². The Kier molecular flexibility index (Phi) is 4.26. The number of likely N-dealkylation sites (tertiary alicyclic amines) is 1. The Balaban J connectivity index is 2.41. The molecule has 0 aromatic rings. The molecule has 0 unspecified atom stereocenters. The molecule has 1 saturated heterocycles. The van der Waals surface area contributed by atoms with E-state index >= 15 is 0 Å². The molecule has 0 spiro atoms. The summed E-state index contributed by atoms with van der Waals surface area (Å²) in [5.41, 5.74) is 0. The number of hydrogen-bond donors (Lipinski definition) is 0. The van der Waals surface area contributed by atoms with Gasteiger partial charge in [-0.2, -0.15) is 0 Å². The zero-order chi connectivity index (χ0) is 9.68. The number of aliphatic imine (C=N–C) groups is 1. The number of amidine groups is 1. The van der Waals surface area contributed by atoms with Crippen LogP contribution in [0.1, 0.15) is 39.5 Å². The van der Waals surface area contributed by atoms with E-state index in [2.05, 4.69) is 23.7 Å². The smallest absolute Gasteiger partial charge is 0.0954 e. The van der Waals surface area contributed by atoms with Gasteiger partial charge in [-0.15, -0.1) is 0 Å². The monoisotopic (exact) mass is 182 g/mol. The van der Waals surface area contributed by atoms with Crippen LogP contribution in [0.2, 0.25) is 0 Å². The van der Waals surface area contributed by atoms with Gasteiger partial charge in [0.15, 0.2) is 0 Å². The van der Waals surface area contributed by atoms with Crippen molar-refractivity contribution in [1.29, 1.82) is 0 Å². The lowest BCUT2D eigenvalue weighted by molar-refractivity contribution is 0.318. The molecule has 1 heterocycles. The minimum Gasteiger partial charge on any atom is -0.361 e. The van der Waals surface area contributed by atoms with Gasteiger partial charge in [-0.1, -0.05) is 6.92 Å². The molecule has 0 radical (unpaired) electrons. The highest BCUT2D eigenvalue weighted by molar-refractivity contribution is 5.79. The van der Waals surface area contributed by atoms with Crippen LogP contribution < -0.4 is 0 Å². The molecule has 2 heteroatoms. The van der Waals surface area contributed by atoms with Crippen molar-refractivity contribution >= 4 is 5.84 Å². The number of rotatable bonds is 0. The predicted octanol–water partition coefficient (Wildman–Crippen LogP) is 2.55. The van der Waals surface area contributed by atoms with Crippen LogP contribution in [0.5, 0.6) is 0 Å². The molecule has 2 nitrogen and oxygen atoms in total. The van der Waals surface area contributed by atoms with Gasteiger partial charge in [0.2, 0.25) is 0 Å². The van der Waals surface area contributed by atoms with Crippen LogP contribution in [0.4, 0.5) is 0 Å². The maximum Gasteiger partial charge on any atom is 0.0954 e. The van der Waals surface area contributed by atoms with Gasteiger partial charge in [0.1, 0.15) is 0 Å². The highest BCUT2D eigenvalue weighted by atomic mass is 15.2. The van der Waals surface area contributed by atoms with Crippen molar-refractivity contribution in [2.45, 2.75) is 39.5 Å². The van der Waals surface area contributed by atoms with E-state index in [1.165, 1.54) is 44.6 Å². The molecule has 1 fully saturated rings. The predicted molar refractivity (Wildman–Crippen MR) is 58.2 cm³/mol. The third-order valence-corrected chi connectivity index (χ3v) is 3.03. The van der Waals surface area contributed by atoms with E-state index < -0.39 is 0 Å². The van der Waals surface area contributed by atoms with Gasteiger partial charge in [-0.25, -0.2) is 0 Å². The highest BCUT2D eigenvalue weighted by Crippen LogP contribution is 2.16. The van der Waals surface area contributed by atoms with Crippen molar-refractivity contribution in [3.05, 3.63) is 0 Å². The van der Waals surface area contributed by atoms with Gasteiger partial charge in [-0.05, 0) is 38.5 Å². The van der Waals surface area contributed by atoms with Crippen LogP contribution >= 0.6 is 0 Å². The zero-order valence-corrected chi connectivity index (χ0v) is 9.21. The van der Waals surface area contributed by atoms with Crippen molar-refractivity contribution in [3.8, 4) is 0 Å². The quantitative estimate of drug-likeness (QED) is 0.415. The summed E-state index contributed by atoms with van der Waals surface area (Å²) in [5.74, 6) is 2.13. The van der Waals surface area contributed by atoms with E-state index in [-0.39, 0.29) is 0 Å². The molecule has 0 atom stereocenters. The first-order valence-electron chi connectivity index (χ1n) is 5.42. The molecular weight excluding hydrogens is 160 g/mol. The van der Waals surface area contributed by atoms with Gasteiger partial charge in [0, 0.05) is 20.1 Å². The summed E-state index contributed by atoms with van der Waals surface area (Å²) in [7, 11) is 1.89. The Labute approximate surface area is 82.0 Å². The maximum absolute atomic E-state index is 4.25.